The van der Waals surface area contributed by atoms with E-state index in [1.165, 1.54) is 0 Å². The number of carbonyl (C=O) groups is 3. The lowest BCUT2D eigenvalue weighted by Gasteiger charge is -2.35. The van der Waals surface area contributed by atoms with Gasteiger partial charge in [-0.3, -0.25) is 9.59 Å². The molecule has 0 bridgehead atoms. The molecule has 0 unspecified atom stereocenters. The number of hydrogen-bond acceptors (Lipinski definition) is 6. The molecule has 0 spiro atoms. The minimum atomic E-state index is -0.583. The number of imidazole rings is 1. The van der Waals surface area contributed by atoms with Gasteiger partial charge in [-0.15, -0.1) is 0 Å². The van der Waals surface area contributed by atoms with Crippen LogP contribution in [0.4, 0.5) is 10.6 Å². The first kappa shape index (κ1) is 29.8. The van der Waals surface area contributed by atoms with E-state index in [9.17, 15) is 14.4 Å². The Labute approximate surface area is 255 Å². The monoisotopic (exact) mass is 600 g/mol. The molecule has 0 saturated carbocycles. The van der Waals surface area contributed by atoms with Gasteiger partial charge in [0.2, 0.25) is 5.91 Å². The Morgan fingerprint density at radius 3 is 2.23 bits per heavy atom. The third-order valence-electron chi connectivity index (χ3n) is 6.86. The molecule has 1 saturated heterocycles. The van der Waals surface area contributed by atoms with Gasteiger partial charge in [0.25, 0.3) is 5.91 Å². The summed E-state index contributed by atoms with van der Waals surface area (Å²) in [5, 5.41) is 3.45. The Morgan fingerprint density at radius 1 is 0.884 bits per heavy atom. The molecule has 10 nitrogen and oxygen atoms in total. The van der Waals surface area contributed by atoms with Crippen molar-refractivity contribution in [1.29, 1.82) is 0 Å². The lowest BCUT2D eigenvalue weighted by molar-refractivity contribution is -0.133. The summed E-state index contributed by atoms with van der Waals surface area (Å²) >= 11 is 6.14. The molecule has 2 aromatic heterocycles. The number of piperazine rings is 1. The Hall–Kier alpha value is -4.70. The Bertz CT molecular complexity index is 1610. The molecule has 43 heavy (non-hydrogen) atoms. The van der Waals surface area contributed by atoms with Crippen molar-refractivity contribution in [3.8, 4) is 22.5 Å². The molecular weight excluding hydrogens is 568 g/mol. The molecule has 2 aromatic carbocycles. The number of carbonyl (C=O) groups excluding carboxylic acids is 3. The summed E-state index contributed by atoms with van der Waals surface area (Å²) in [7, 11) is 0. The number of rotatable bonds is 6. The van der Waals surface area contributed by atoms with E-state index in [4.69, 9.17) is 16.3 Å². The molecule has 11 heteroatoms. The second-order valence-electron chi connectivity index (χ2n) is 11.2. The summed E-state index contributed by atoms with van der Waals surface area (Å²) in [5.74, 6) is -0.0139. The predicted octanol–water partition coefficient (Wildman–Crippen LogP) is 5.60. The summed E-state index contributed by atoms with van der Waals surface area (Å²) in [6, 6.07) is 19.8. The number of nitrogens with one attached hydrogen (secondary N) is 1. The molecule has 5 rings (SSSR count). The average molecular weight is 601 g/mol. The summed E-state index contributed by atoms with van der Waals surface area (Å²) in [5.41, 5.74) is 2.83. The Morgan fingerprint density at radius 2 is 1.56 bits per heavy atom. The number of pyridine rings is 1. The van der Waals surface area contributed by atoms with Crippen molar-refractivity contribution in [2.75, 3.05) is 31.5 Å². The number of halogens is 1. The standard InChI is InChI=1S/C32H33ClN6O4/c1-32(2,3)43-31(42)38-17-15-37(16-18-38)27(40)20-39-21-35-28(22-9-11-25(33)12-10-22)29(39)24-13-14-34-26(19-24)36-30(41)23-7-5-4-6-8-23/h4-14,19,21H,15-18,20H2,1-3H3,(H,34,36,41). The molecule has 3 amide bonds. The Kier molecular flexibility index (Phi) is 8.77. The normalized spacial score (nSPS) is 13.5. The topological polar surface area (TPSA) is 110 Å². The molecule has 1 aliphatic heterocycles. The molecule has 1 N–H and O–H groups in total. The van der Waals surface area contributed by atoms with E-state index in [2.05, 4.69) is 15.3 Å². The summed E-state index contributed by atoms with van der Waals surface area (Å²) in [4.78, 5) is 51.1. The zero-order chi connectivity index (χ0) is 30.6. The van der Waals surface area contributed by atoms with Crippen LogP contribution in [0.1, 0.15) is 31.1 Å². The van der Waals surface area contributed by atoms with Gasteiger partial charge >= 0.3 is 6.09 Å². The fraction of sp³-hybridized carbons (Fsp3) is 0.281. The van der Waals surface area contributed by atoms with Gasteiger partial charge in [0.15, 0.2) is 0 Å². The number of amides is 3. The quantitative estimate of drug-likeness (QED) is 0.309. The minimum absolute atomic E-state index is 0.0381. The maximum absolute atomic E-state index is 13.5. The third kappa shape index (κ3) is 7.39. The number of nitrogens with zero attached hydrogens (tertiary/aromatic N) is 5. The number of anilines is 1. The number of ether oxygens (including phenoxy) is 1. The van der Waals surface area contributed by atoms with E-state index >= 15 is 0 Å². The van der Waals surface area contributed by atoms with Crippen LogP contribution in [0.2, 0.25) is 5.02 Å². The highest BCUT2D eigenvalue weighted by Gasteiger charge is 2.28. The van der Waals surface area contributed by atoms with Crippen LogP contribution in [-0.4, -0.2) is 74.0 Å². The molecule has 0 atom stereocenters. The Balaban J connectivity index is 1.38. The van der Waals surface area contributed by atoms with Crippen molar-refractivity contribution in [3.05, 3.63) is 89.8 Å². The molecular formula is C32H33ClN6O4. The van der Waals surface area contributed by atoms with E-state index in [-0.39, 0.29) is 24.5 Å². The molecule has 222 valence electrons. The van der Waals surface area contributed by atoms with Gasteiger partial charge in [-0.2, -0.15) is 0 Å². The van der Waals surface area contributed by atoms with Crippen molar-refractivity contribution in [3.63, 3.8) is 0 Å². The van der Waals surface area contributed by atoms with E-state index in [1.54, 1.807) is 69.4 Å². The van der Waals surface area contributed by atoms with Gasteiger partial charge in [-0.25, -0.2) is 14.8 Å². The van der Waals surface area contributed by atoms with Crippen LogP contribution >= 0.6 is 11.6 Å². The zero-order valence-corrected chi connectivity index (χ0v) is 25.0. The maximum atomic E-state index is 13.5. The second-order valence-corrected chi connectivity index (χ2v) is 11.6. The predicted molar refractivity (Wildman–Crippen MR) is 165 cm³/mol. The van der Waals surface area contributed by atoms with Crippen LogP contribution in [0.15, 0.2) is 79.3 Å². The highest BCUT2D eigenvalue weighted by atomic mass is 35.5. The highest BCUT2D eigenvalue weighted by molar-refractivity contribution is 6.30. The molecule has 0 radical (unpaired) electrons. The minimum Gasteiger partial charge on any atom is -0.444 e. The van der Waals surface area contributed by atoms with Crippen LogP contribution in [-0.2, 0) is 16.1 Å². The van der Waals surface area contributed by atoms with E-state index in [0.717, 1.165) is 11.1 Å². The van der Waals surface area contributed by atoms with Gasteiger partial charge in [-0.05, 0) is 57.2 Å². The fourth-order valence-electron chi connectivity index (χ4n) is 4.76. The van der Waals surface area contributed by atoms with Crippen LogP contribution in [0.3, 0.4) is 0 Å². The third-order valence-corrected chi connectivity index (χ3v) is 7.11. The first-order valence-electron chi connectivity index (χ1n) is 14.0. The van der Waals surface area contributed by atoms with Crippen LogP contribution < -0.4 is 5.32 Å². The van der Waals surface area contributed by atoms with Crippen molar-refractivity contribution >= 4 is 35.3 Å². The lowest BCUT2D eigenvalue weighted by Crippen LogP contribution is -2.52. The SMILES string of the molecule is CC(C)(C)OC(=O)N1CCN(C(=O)Cn2cnc(-c3ccc(Cl)cc3)c2-c2ccnc(NC(=O)c3ccccc3)c2)CC1. The second kappa shape index (κ2) is 12.7. The fourth-order valence-corrected chi connectivity index (χ4v) is 4.88. The van der Waals surface area contributed by atoms with Gasteiger partial charge in [-0.1, -0.05) is 41.9 Å². The molecule has 0 aliphatic carbocycles. The highest BCUT2D eigenvalue weighted by Crippen LogP contribution is 2.33. The molecule has 3 heterocycles. The summed E-state index contributed by atoms with van der Waals surface area (Å²) in [6.07, 6.45) is 2.87. The molecule has 1 fully saturated rings. The van der Waals surface area contributed by atoms with Gasteiger partial charge in [0.1, 0.15) is 18.0 Å². The van der Waals surface area contributed by atoms with Gasteiger partial charge in [0, 0.05) is 54.1 Å². The van der Waals surface area contributed by atoms with Crippen molar-refractivity contribution in [2.45, 2.75) is 32.9 Å². The van der Waals surface area contributed by atoms with Crippen molar-refractivity contribution in [1.82, 2.24) is 24.3 Å². The molecule has 4 aromatic rings. The first-order chi connectivity index (χ1) is 20.6. The number of hydrogen-bond donors (Lipinski definition) is 1. The largest absolute Gasteiger partial charge is 0.444 e. The smallest absolute Gasteiger partial charge is 0.410 e. The number of aromatic nitrogens is 3. The maximum Gasteiger partial charge on any atom is 0.410 e. The van der Waals surface area contributed by atoms with E-state index in [1.807, 2.05) is 45.0 Å². The van der Waals surface area contributed by atoms with Crippen LogP contribution in [0, 0.1) is 0 Å². The zero-order valence-electron chi connectivity index (χ0n) is 24.3. The van der Waals surface area contributed by atoms with E-state index in [0.29, 0.717) is 54.0 Å². The van der Waals surface area contributed by atoms with Gasteiger partial charge < -0.3 is 24.4 Å². The lowest BCUT2D eigenvalue weighted by atomic mass is 10.1. The van der Waals surface area contributed by atoms with E-state index < -0.39 is 5.60 Å². The summed E-state index contributed by atoms with van der Waals surface area (Å²) in [6.45, 7) is 7.10. The average Bonchev–Trinajstić information content (AvgIpc) is 3.40. The van der Waals surface area contributed by atoms with Crippen LogP contribution in [0.5, 0.6) is 0 Å². The first-order valence-corrected chi connectivity index (χ1v) is 14.3. The van der Waals surface area contributed by atoms with Gasteiger partial charge in [0.05, 0.1) is 17.7 Å². The molecule has 1 aliphatic rings. The van der Waals surface area contributed by atoms with Crippen LogP contribution in [0.25, 0.3) is 22.5 Å². The van der Waals surface area contributed by atoms with Crippen molar-refractivity contribution in [2.24, 2.45) is 0 Å². The van der Waals surface area contributed by atoms with Crippen molar-refractivity contribution < 1.29 is 19.1 Å². The summed E-state index contributed by atoms with van der Waals surface area (Å²) < 4.78 is 7.27. The number of benzene rings is 2.